The summed E-state index contributed by atoms with van der Waals surface area (Å²) in [4.78, 5) is 0. The molecule has 0 saturated carbocycles. The maximum absolute atomic E-state index is 13.4. The van der Waals surface area contributed by atoms with Crippen molar-refractivity contribution in [3.63, 3.8) is 0 Å². The summed E-state index contributed by atoms with van der Waals surface area (Å²) >= 11 is 2.85. The molecule has 3 heteroatoms. The molecule has 0 aliphatic rings. The first-order valence-corrected chi connectivity index (χ1v) is 5.59. The molecule has 0 heterocycles. The highest BCUT2D eigenvalue weighted by Crippen LogP contribution is 2.29. The van der Waals surface area contributed by atoms with Gasteiger partial charge in [-0.2, -0.15) is 0 Å². The highest BCUT2D eigenvalue weighted by Gasteiger charge is 2.10. The standard InChI is InChI=1S/C13H9BrF2/c1-8-4-2-3-5-10(8)9-6-11(15)13(14)12(16)7-9/h2-7H,1H3. The Labute approximate surface area is 101 Å². The molecule has 0 fully saturated rings. The monoisotopic (exact) mass is 282 g/mol. The van der Waals surface area contributed by atoms with E-state index in [1.807, 2.05) is 31.2 Å². The Balaban J connectivity index is 2.62. The van der Waals surface area contributed by atoms with Gasteiger partial charge in [0.1, 0.15) is 11.6 Å². The van der Waals surface area contributed by atoms with Gasteiger partial charge in [0, 0.05) is 0 Å². The van der Waals surface area contributed by atoms with Gasteiger partial charge in [-0.05, 0) is 51.7 Å². The third-order valence-corrected chi connectivity index (χ3v) is 3.20. The molecule has 2 aromatic carbocycles. The number of benzene rings is 2. The SMILES string of the molecule is Cc1ccccc1-c1cc(F)c(Br)c(F)c1. The second-order valence-electron chi connectivity index (χ2n) is 3.57. The Morgan fingerprint density at radius 3 is 2.12 bits per heavy atom. The van der Waals surface area contributed by atoms with Gasteiger partial charge >= 0.3 is 0 Å². The number of aryl methyl sites for hydroxylation is 1. The van der Waals surface area contributed by atoms with Crippen molar-refractivity contribution >= 4 is 15.9 Å². The summed E-state index contributed by atoms with van der Waals surface area (Å²) < 4.78 is 26.6. The Bertz CT molecular complexity index is 512. The molecule has 2 aromatic rings. The van der Waals surface area contributed by atoms with E-state index in [1.165, 1.54) is 12.1 Å². The lowest BCUT2D eigenvalue weighted by molar-refractivity contribution is 0.572. The van der Waals surface area contributed by atoms with Crippen molar-refractivity contribution in [3.8, 4) is 11.1 Å². The van der Waals surface area contributed by atoms with E-state index in [9.17, 15) is 8.78 Å². The molecule has 0 aromatic heterocycles. The third kappa shape index (κ3) is 2.00. The highest BCUT2D eigenvalue weighted by atomic mass is 79.9. The molecule has 16 heavy (non-hydrogen) atoms. The second kappa shape index (κ2) is 4.34. The zero-order valence-corrected chi connectivity index (χ0v) is 10.2. The quantitative estimate of drug-likeness (QED) is 0.665. The maximum Gasteiger partial charge on any atom is 0.140 e. The van der Waals surface area contributed by atoms with Crippen molar-refractivity contribution < 1.29 is 8.78 Å². The van der Waals surface area contributed by atoms with E-state index in [2.05, 4.69) is 15.9 Å². The van der Waals surface area contributed by atoms with Crippen LogP contribution in [0.5, 0.6) is 0 Å². The Morgan fingerprint density at radius 2 is 1.56 bits per heavy atom. The summed E-state index contributed by atoms with van der Waals surface area (Å²) in [5.74, 6) is -1.17. The summed E-state index contributed by atoms with van der Waals surface area (Å²) in [5.41, 5.74) is 2.38. The van der Waals surface area contributed by atoms with Gasteiger partial charge in [0.25, 0.3) is 0 Å². The molecule has 0 aliphatic carbocycles. The molecule has 0 nitrogen and oxygen atoms in total. The van der Waals surface area contributed by atoms with Crippen LogP contribution in [0.4, 0.5) is 8.78 Å². The first-order chi connectivity index (χ1) is 7.59. The van der Waals surface area contributed by atoms with Crippen molar-refractivity contribution in [1.29, 1.82) is 0 Å². The van der Waals surface area contributed by atoms with Crippen LogP contribution in [0, 0.1) is 18.6 Å². The summed E-state index contributed by atoms with van der Waals surface area (Å²) in [7, 11) is 0. The minimum atomic E-state index is -0.585. The van der Waals surface area contributed by atoms with Crippen LogP contribution in [0.1, 0.15) is 5.56 Å². The summed E-state index contributed by atoms with van der Waals surface area (Å²) in [6, 6.07) is 10.2. The van der Waals surface area contributed by atoms with E-state index in [0.717, 1.165) is 11.1 Å². The molecule has 0 saturated heterocycles. The van der Waals surface area contributed by atoms with Gasteiger partial charge in [-0.3, -0.25) is 0 Å². The number of halogens is 3. The minimum absolute atomic E-state index is 0.121. The van der Waals surface area contributed by atoms with Crippen LogP contribution in [-0.4, -0.2) is 0 Å². The fourth-order valence-electron chi connectivity index (χ4n) is 1.61. The second-order valence-corrected chi connectivity index (χ2v) is 4.36. The van der Waals surface area contributed by atoms with Crippen LogP contribution in [0.25, 0.3) is 11.1 Å². The first-order valence-electron chi connectivity index (χ1n) is 4.80. The summed E-state index contributed by atoms with van der Waals surface area (Å²) in [6.45, 7) is 1.91. The number of hydrogen-bond acceptors (Lipinski definition) is 0. The normalized spacial score (nSPS) is 10.5. The summed E-state index contributed by atoms with van der Waals surface area (Å²) in [5, 5.41) is 0. The van der Waals surface area contributed by atoms with Gasteiger partial charge < -0.3 is 0 Å². The molecule has 0 N–H and O–H groups in total. The molecule has 0 amide bonds. The number of hydrogen-bond donors (Lipinski definition) is 0. The van der Waals surface area contributed by atoms with Crippen molar-refractivity contribution in [2.24, 2.45) is 0 Å². The fraction of sp³-hybridized carbons (Fsp3) is 0.0769. The predicted octanol–water partition coefficient (Wildman–Crippen LogP) is 4.70. The molecular weight excluding hydrogens is 274 g/mol. The summed E-state index contributed by atoms with van der Waals surface area (Å²) in [6.07, 6.45) is 0. The molecule has 2 rings (SSSR count). The smallest absolute Gasteiger partial charge is 0.140 e. The van der Waals surface area contributed by atoms with Crippen molar-refractivity contribution in [2.45, 2.75) is 6.92 Å². The molecule has 0 unspecified atom stereocenters. The molecule has 0 bridgehead atoms. The molecular formula is C13H9BrF2. The highest BCUT2D eigenvalue weighted by molar-refractivity contribution is 9.10. The lowest BCUT2D eigenvalue weighted by Crippen LogP contribution is -1.89. The van der Waals surface area contributed by atoms with Crippen LogP contribution < -0.4 is 0 Å². The van der Waals surface area contributed by atoms with E-state index in [1.54, 1.807) is 0 Å². The van der Waals surface area contributed by atoms with E-state index >= 15 is 0 Å². The maximum atomic E-state index is 13.4. The van der Waals surface area contributed by atoms with Gasteiger partial charge in [0.15, 0.2) is 0 Å². The van der Waals surface area contributed by atoms with E-state index in [-0.39, 0.29) is 4.47 Å². The third-order valence-electron chi connectivity index (χ3n) is 2.44. The average Bonchev–Trinajstić information content (AvgIpc) is 2.26. The van der Waals surface area contributed by atoms with Crippen molar-refractivity contribution in [2.75, 3.05) is 0 Å². The van der Waals surface area contributed by atoms with Gasteiger partial charge in [0.2, 0.25) is 0 Å². The Morgan fingerprint density at radius 1 is 1.00 bits per heavy atom. The van der Waals surface area contributed by atoms with Crippen LogP contribution in [0.15, 0.2) is 40.9 Å². The van der Waals surface area contributed by atoms with E-state index in [4.69, 9.17) is 0 Å². The molecule has 0 radical (unpaired) electrons. The van der Waals surface area contributed by atoms with E-state index in [0.29, 0.717) is 5.56 Å². The molecule has 0 atom stereocenters. The number of rotatable bonds is 1. The predicted molar refractivity (Wildman–Crippen MR) is 64.2 cm³/mol. The average molecular weight is 283 g/mol. The largest absolute Gasteiger partial charge is 0.206 e. The van der Waals surface area contributed by atoms with Crippen molar-refractivity contribution in [1.82, 2.24) is 0 Å². The zero-order chi connectivity index (χ0) is 11.7. The van der Waals surface area contributed by atoms with Gasteiger partial charge in [-0.25, -0.2) is 8.78 Å². The van der Waals surface area contributed by atoms with Gasteiger partial charge in [-0.15, -0.1) is 0 Å². The van der Waals surface area contributed by atoms with Crippen LogP contribution in [0.2, 0.25) is 0 Å². The minimum Gasteiger partial charge on any atom is -0.206 e. The van der Waals surface area contributed by atoms with Crippen LogP contribution >= 0.6 is 15.9 Å². The lowest BCUT2D eigenvalue weighted by atomic mass is 10.0. The van der Waals surface area contributed by atoms with E-state index < -0.39 is 11.6 Å². The zero-order valence-electron chi connectivity index (χ0n) is 8.60. The van der Waals surface area contributed by atoms with Crippen LogP contribution in [0.3, 0.4) is 0 Å². The molecule has 82 valence electrons. The van der Waals surface area contributed by atoms with Gasteiger partial charge in [-0.1, -0.05) is 24.3 Å². The van der Waals surface area contributed by atoms with Gasteiger partial charge in [0.05, 0.1) is 4.47 Å². The Hall–Kier alpha value is -1.22. The fourth-order valence-corrected chi connectivity index (χ4v) is 1.84. The molecule has 0 aliphatic heterocycles. The van der Waals surface area contributed by atoms with Crippen LogP contribution in [-0.2, 0) is 0 Å². The Kier molecular flexibility index (Phi) is 3.06. The topological polar surface area (TPSA) is 0 Å². The van der Waals surface area contributed by atoms with Crippen molar-refractivity contribution in [3.05, 3.63) is 58.1 Å². The molecule has 0 spiro atoms. The first kappa shape index (κ1) is 11.3. The lowest BCUT2D eigenvalue weighted by Gasteiger charge is -2.07.